The summed E-state index contributed by atoms with van der Waals surface area (Å²) in [5.41, 5.74) is -0.197. The molecule has 0 radical (unpaired) electrons. The van der Waals surface area contributed by atoms with Crippen LogP contribution in [0.1, 0.15) is 61.8 Å². The molecule has 1 heterocycles. The van der Waals surface area contributed by atoms with Crippen molar-refractivity contribution in [2.75, 3.05) is 13.1 Å². The van der Waals surface area contributed by atoms with E-state index in [2.05, 4.69) is 0 Å². The highest BCUT2D eigenvalue weighted by atomic mass is 16.5. The topological polar surface area (TPSA) is 49.8 Å². The van der Waals surface area contributed by atoms with E-state index in [-0.39, 0.29) is 17.7 Å². The van der Waals surface area contributed by atoms with Crippen molar-refractivity contribution in [3.05, 3.63) is 0 Å². The minimum atomic E-state index is -0.739. The third kappa shape index (κ3) is 8.22. The molecule has 1 saturated heterocycles. The molecule has 0 aromatic heterocycles. The quantitative estimate of drug-likeness (QED) is 0.857. The van der Waals surface area contributed by atoms with Crippen LogP contribution in [0.4, 0.5) is 0 Å². The molecule has 2 unspecified atom stereocenters. The summed E-state index contributed by atoms with van der Waals surface area (Å²) in [6.45, 7) is 17.5. The van der Waals surface area contributed by atoms with Crippen molar-refractivity contribution < 1.29 is 14.6 Å². The molecule has 0 aromatic rings. The van der Waals surface area contributed by atoms with Gasteiger partial charge in [-0.3, -0.25) is 9.69 Å². The summed E-state index contributed by atoms with van der Waals surface area (Å²) < 4.78 is 5.81. The molecule has 0 bridgehead atoms. The lowest BCUT2D eigenvalue weighted by Gasteiger charge is -2.24. The van der Waals surface area contributed by atoms with Crippen LogP contribution in [0.2, 0.25) is 0 Å². The third-order valence-electron chi connectivity index (χ3n) is 2.58. The Kier molecular flexibility index (Phi) is 11.1. The molecule has 0 amide bonds. The van der Waals surface area contributed by atoms with Gasteiger partial charge in [0, 0.05) is 13.0 Å². The first-order chi connectivity index (χ1) is 8.83. The number of carboxylic acids is 1. The van der Waals surface area contributed by atoms with Crippen molar-refractivity contribution in [2.45, 2.75) is 79.6 Å². The Morgan fingerprint density at radius 1 is 1.26 bits per heavy atom. The summed E-state index contributed by atoms with van der Waals surface area (Å²) in [6.07, 6.45) is 0.645. The number of carboxylic acid groups (broad SMARTS) is 1. The van der Waals surface area contributed by atoms with Crippen LogP contribution in [0.5, 0.6) is 0 Å². The number of likely N-dealkylation sites (tertiary alicyclic amines) is 1. The molecule has 1 N–H and O–H groups in total. The van der Waals surface area contributed by atoms with Crippen molar-refractivity contribution in [3.8, 4) is 0 Å². The number of carbonyl (C=O) groups is 1. The van der Waals surface area contributed by atoms with E-state index in [0.717, 1.165) is 13.1 Å². The van der Waals surface area contributed by atoms with Gasteiger partial charge in [0.15, 0.2) is 0 Å². The SMILES string of the molecule is CC.CC.CCN1CC(OC(C)(C)C)CC1C(=O)O. The van der Waals surface area contributed by atoms with E-state index >= 15 is 0 Å². The van der Waals surface area contributed by atoms with E-state index < -0.39 is 5.97 Å². The largest absolute Gasteiger partial charge is 0.480 e. The second-order valence-corrected chi connectivity index (χ2v) is 5.03. The van der Waals surface area contributed by atoms with Crippen LogP contribution >= 0.6 is 0 Å². The Balaban J connectivity index is 0. The summed E-state index contributed by atoms with van der Waals surface area (Å²) in [7, 11) is 0. The molecule has 1 fully saturated rings. The zero-order valence-corrected chi connectivity index (χ0v) is 14.0. The monoisotopic (exact) mass is 275 g/mol. The number of ether oxygens (including phenoxy) is 1. The van der Waals surface area contributed by atoms with Gasteiger partial charge in [-0.05, 0) is 27.3 Å². The maximum atomic E-state index is 11.0. The van der Waals surface area contributed by atoms with Crippen molar-refractivity contribution in [3.63, 3.8) is 0 Å². The first kappa shape index (κ1) is 20.7. The van der Waals surface area contributed by atoms with Crippen LogP contribution in [0.15, 0.2) is 0 Å². The molecule has 4 heteroatoms. The van der Waals surface area contributed by atoms with Gasteiger partial charge in [-0.2, -0.15) is 0 Å². The standard InChI is InChI=1S/C11H21NO3.2C2H6/c1-5-12-7-8(15-11(2,3)4)6-9(12)10(13)14;2*1-2/h8-9H,5-7H2,1-4H3,(H,13,14);2*1-2H3. The van der Waals surface area contributed by atoms with Crippen LogP contribution in [0, 0.1) is 0 Å². The molecule has 1 aliphatic heterocycles. The molecule has 1 rings (SSSR count). The first-order valence-corrected chi connectivity index (χ1v) is 7.48. The van der Waals surface area contributed by atoms with E-state index in [0.29, 0.717) is 6.42 Å². The second kappa shape index (κ2) is 10.2. The summed E-state index contributed by atoms with van der Waals surface area (Å²) >= 11 is 0. The summed E-state index contributed by atoms with van der Waals surface area (Å²) in [6, 6.07) is -0.373. The van der Waals surface area contributed by atoms with Crippen LogP contribution in [0.25, 0.3) is 0 Å². The predicted molar refractivity (Wildman–Crippen MR) is 80.6 cm³/mol. The maximum absolute atomic E-state index is 11.0. The summed E-state index contributed by atoms with van der Waals surface area (Å²) in [5.74, 6) is -0.739. The summed E-state index contributed by atoms with van der Waals surface area (Å²) in [5, 5.41) is 9.03. The van der Waals surface area contributed by atoms with Crippen LogP contribution < -0.4 is 0 Å². The Labute approximate surface area is 119 Å². The van der Waals surface area contributed by atoms with Gasteiger partial charge < -0.3 is 9.84 Å². The van der Waals surface area contributed by atoms with Crippen LogP contribution in [-0.2, 0) is 9.53 Å². The zero-order valence-electron chi connectivity index (χ0n) is 14.0. The normalized spacial score (nSPS) is 22.9. The van der Waals surface area contributed by atoms with E-state index in [1.807, 2.05) is 60.3 Å². The fraction of sp³-hybridized carbons (Fsp3) is 0.933. The minimum absolute atomic E-state index is 0.0473. The lowest BCUT2D eigenvalue weighted by Crippen LogP contribution is -2.35. The molecule has 4 nitrogen and oxygen atoms in total. The van der Waals surface area contributed by atoms with Gasteiger partial charge in [-0.25, -0.2) is 0 Å². The zero-order chi connectivity index (χ0) is 15.6. The maximum Gasteiger partial charge on any atom is 0.321 e. The number of hydrogen-bond acceptors (Lipinski definition) is 3. The fourth-order valence-electron chi connectivity index (χ4n) is 2.05. The van der Waals surface area contributed by atoms with Gasteiger partial charge in [0.25, 0.3) is 0 Å². The van der Waals surface area contributed by atoms with Crippen molar-refractivity contribution >= 4 is 5.97 Å². The molecule has 116 valence electrons. The smallest absolute Gasteiger partial charge is 0.321 e. The molecule has 0 aliphatic carbocycles. The molecule has 19 heavy (non-hydrogen) atoms. The number of aliphatic carboxylic acids is 1. The molecule has 0 aromatic carbocycles. The molecule has 0 saturated carbocycles. The Bertz CT molecular complexity index is 236. The molecule has 2 atom stereocenters. The Hall–Kier alpha value is -0.610. The second-order valence-electron chi connectivity index (χ2n) is 5.03. The van der Waals surface area contributed by atoms with Crippen molar-refractivity contribution in [2.24, 2.45) is 0 Å². The number of rotatable bonds is 3. The van der Waals surface area contributed by atoms with Crippen molar-refractivity contribution in [1.29, 1.82) is 0 Å². The van der Waals surface area contributed by atoms with E-state index in [1.54, 1.807) is 0 Å². The van der Waals surface area contributed by atoms with E-state index in [1.165, 1.54) is 0 Å². The van der Waals surface area contributed by atoms with Gasteiger partial charge in [0.1, 0.15) is 6.04 Å². The first-order valence-electron chi connectivity index (χ1n) is 7.48. The Morgan fingerprint density at radius 3 is 2.00 bits per heavy atom. The predicted octanol–water partition coefficient (Wildman–Crippen LogP) is 3.40. The van der Waals surface area contributed by atoms with E-state index in [4.69, 9.17) is 9.84 Å². The molecule has 0 spiro atoms. The summed E-state index contributed by atoms with van der Waals surface area (Å²) in [4.78, 5) is 12.9. The highest BCUT2D eigenvalue weighted by Crippen LogP contribution is 2.24. The lowest BCUT2D eigenvalue weighted by molar-refractivity contribution is -0.142. The van der Waals surface area contributed by atoms with Gasteiger partial charge in [-0.1, -0.05) is 34.6 Å². The highest BCUT2D eigenvalue weighted by Gasteiger charge is 2.37. The molecular formula is C15H33NO3. The minimum Gasteiger partial charge on any atom is -0.480 e. The van der Waals surface area contributed by atoms with Crippen LogP contribution in [-0.4, -0.2) is 46.8 Å². The van der Waals surface area contributed by atoms with Gasteiger partial charge >= 0.3 is 5.97 Å². The molecule has 1 aliphatic rings. The number of hydrogen-bond donors (Lipinski definition) is 1. The average Bonchev–Trinajstić information content (AvgIpc) is 2.75. The van der Waals surface area contributed by atoms with Gasteiger partial charge in [0.2, 0.25) is 0 Å². The van der Waals surface area contributed by atoms with E-state index in [9.17, 15) is 4.79 Å². The van der Waals surface area contributed by atoms with Crippen molar-refractivity contribution in [1.82, 2.24) is 4.90 Å². The van der Waals surface area contributed by atoms with Crippen LogP contribution in [0.3, 0.4) is 0 Å². The number of likely N-dealkylation sites (N-methyl/N-ethyl adjacent to an activating group) is 1. The highest BCUT2D eigenvalue weighted by molar-refractivity contribution is 5.74. The Morgan fingerprint density at radius 2 is 1.74 bits per heavy atom. The lowest BCUT2D eigenvalue weighted by atomic mass is 10.1. The number of nitrogens with zero attached hydrogens (tertiary/aromatic N) is 1. The fourth-order valence-corrected chi connectivity index (χ4v) is 2.05. The third-order valence-corrected chi connectivity index (χ3v) is 2.58. The molecular weight excluding hydrogens is 242 g/mol. The van der Waals surface area contributed by atoms with Gasteiger partial charge in [0.05, 0.1) is 11.7 Å². The van der Waals surface area contributed by atoms with Gasteiger partial charge in [-0.15, -0.1) is 0 Å². The average molecular weight is 275 g/mol.